The number of amides is 2. The number of nitrogens with one attached hydrogen (secondary N) is 2. The topological polar surface area (TPSA) is 70.7 Å². The van der Waals surface area contributed by atoms with E-state index in [2.05, 4.69) is 15.5 Å². The molecular formula is C24H31N4O3+. The number of nitrogens with zero attached hydrogens (tertiary/aromatic N) is 2. The number of ether oxygens (including phenoxy) is 1. The Morgan fingerprint density at radius 3 is 2.35 bits per heavy atom. The van der Waals surface area contributed by atoms with Crippen LogP contribution in [0.25, 0.3) is 0 Å². The van der Waals surface area contributed by atoms with Gasteiger partial charge in [-0.15, -0.1) is 0 Å². The molecule has 0 aromatic heterocycles. The summed E-state index contributed by atoms with van der Waals surface area (Å²) in [6, 6.07) is 15.0. The fraction of sp³-hybridized carbons (Fsp3) is 0.417. The zero-order valence-electron chi connectivity index (χ0n) is 18.1. The van der Waals surface area contributed by atoms with Gasteiger partial charge in [-0.1, -0.05) is 24.3 Å². The number of fused-ring (bicyclic) bond motifs is 3. The highest BCUT2D eigenvalue weighted by atomic mass is 16.5. The molecule has 3 heterocycles. The standard InChI is InChI=1S/C24H30N4O3/c1-31-20-8-6-19(7-9-20)10-11-25-24(30)21-4-2-3-5-22(21)26-23(29)18-28-15-12-27(13-16-28)14-17-28/h2-9H,10-18H2,1H3,(H-,25,26,29,30)/p+1. The van der Waals surface area contributed by atoms with Gasteiger partial charge in [-0.3, -0.25) is 14.5 Å². The van der Waals surface area contributed by atoms with Crippen molar-refractivity contribution in [2.24, 2.45) is 0 Å². The van der Waals surface area contributed by atoms with Crippen molar-refractivity contribution in [3.63, 3.8) is 0 Å². The van der Waals surface area contributed by atoms with Gasteiger partial charge in [0.15, 0.2) is 6.54 Å². The highest BCUT2D eigenvalue weighted by molar-refractivity contribution is 6.03. The molecule has 3 aliphatic heterocycles. The number of rotatable bonds is 8. The van der Waals surface area contributed by atoms with Crippen LogP contribution in [0.15, 0.2) is 48.5 Å². The van der Waals surface area contributed by atoms with Crippen molar-refractivity contribution in [2.45, 2.75) is 6.42 Å². The minimum atomic E-state index is -0.178. The molecule has 2 amide bonds. The fourth-order valence-electron chi connectivity index (χ4n) is 4.46. The van der Waals surface area contributed by atoms with E-state index in [-0.39, 0.29) is 11.8 Å². The van der Waals surface area contributed by atoms with Crippen molar-refractivity contribution in [1.29, 1.82) is 0 Å². The number of piperazine rings is 3. The van der Waals surface area contributed by atoms with Crippen LogP contribution < -0.4 is 15.4 Å². The molecule has 7 nitrogen and oxygen atoms in total. The second-order valence-electron chi connectivity index (χ2n) is 8.46. The average Bonchev–Trinajstić information content (AvgIpc) is 2.80. The van der Waals surface area contributed by atoms with Gasteiger partial charge in [0.1, 0.15) is 5.75 Å². The number of carbonyl (C=O) groups excluding carboxylic acids is 2. The number of benzene rings is 2. The molecule has 0 spiro atoms. The molecule has 7 heteroatoms. The maximum absolute atomic E-state index is 12.8. The quantitative estimate of drug-likeness (QED) is 0.635. The van der Waals surface area contributed by atoms with Gasteiger partial charge in [0, 0.05) is 26.2 Å². The van der Waals surface area contributed by atoms with E-state index in [1.807, 2.05) is 36.4 Å². The Morgan fingerprint density at radius 2 is 1.68 bits per heavy atom. The molecule has 3 aliphatic rings. The highest BCUT2D eigenvalue weighted by Gasteiger charge is 2.39. The van der Waals surface area contributed by atoms with Gasteiger partial charge in [-0.25, -0.2) is 0 Å². The molecule has 0 unspecified atom stereocenters. The summed E-state index contributed by atoms with van der Waals surface area (Å²) in [7, 11) is 1.64. The Labute approximate surface area is 183 Å². The second kappa shape index (κ2) is 9.49. The maximum Gasteiger partial charge on any atom is 0.279 e. The summed E-state index contributed by atoms with van der Waals surface area (Å²) in [4.78, 5) is 28.0. The highest BCUT2D eigenvalue weighted by Crippen LogP contribution is 2.21. The normalized spacial score (nSPS) is 22.0. The molecule has 2 bridgehead atoms. The SMILES string of the molecule is COc1ccc(CCNC(=O)c2ccccc2NC(=O)C[N+]23CCN(CC2)CC3)cc1. The predicted molar refractivity (Wildman–Crippen MR) is 120 cm³/mol. The van der Waals surface area contributed by atoms with Crippen LogP contribution in [0.5, 0.6) is 5.75 Å². The summed E-state index contributed by atoms with van der Waals surface area (Å²) in [5, 5.41) is 5.96. The Kier molecular flexibility index (Phi) is 6.53. The average molecular weight is 424 g/mol. The van der Waals surface area contributed by atoms with Crippen molar-refractivity contribution in [3.05, 3.63) is 59.7 Å². The van der Waals surface area contributed by atoms with Gasteiger partial charge in [0.05, 0.1) is 38.0 Å². The smallest absolute Gasteiger partial charge is 0.279 e. The lowest BCUT2D eigenvalue weighted by molar-refractivity contribution is -0.933. The number of anilines is 1. The summed E-state index contributed by atoms with van der Waals surface area (Å²) in [5.74, 6) is 0.617. The first kappa shape index (κ1) is 21.3. The molecule has 2 N–H and O–H groups in total. The van der Waals surface area contributed by atoms with Gasteiger partial charge < -0.3 is 19.9 Å². The minimum Gasteiger partial charge on any atom is -0.497 e. The van der Waals surface area contributed by atoms with Gasteiger partial charge in [0.2, 0.25) is 0 Å². The van der Waals surface area contributed by atoms with Crippen LogP contribution in [0.4, 0.5) is 5.69 Å². The summed E-state index contributed by atoms with van der Waals surface area (Å²) in [6.07, 6.45) is 0.723. The molecule has 31 heavy (non-hydrogen) atoms. The van der Waals surface area contributed by atoms with E-state index in [9.17, 15) is 9.59 Å². The van der Waals surface area contributed by atoms with Crippen LogP contribution >= 0.6 is 0 Å². The third-order valence-electron chi connectivity index (χ3n) is 6.45. The molecule has 2 aromatic carbocycles. The van der Waals surface area contributed by atoms with Crippen LogP contribution in [0, 0.1) is 0 Å². The molecule has 3 fully saturated rings. The van der Waals surface area contributed by atoms with Crippen molar-refractivity contribution in [1.82, 2.24) is 10.2 Å². The van der Waals surface area contributed by atoms with Crippen LogP contribution in [0.3, 0.4) is 0 Å². The molecule has 2 aromatic rings. The predicted octanol–water partition coefficient (Wildman–Crippen LogP) is 1.75. The van der Waals surface area contributed by atoms with E-state index in [0.29, 0.717) is 24.3 Å². The first-order chi connectivity index (χ1) is 15.1. The first-order valence-corrected chi connectivity index (χ1v) is 10.9. The molecule has 0 atom stereocenters. The summed E-state index contributed by atoms with van der Waals surface area (Å²) in [5.41, 5.74) is 2.19. The second-order valence-corrected chi connectivity index (χ2v) is 8.46. The largest absolute Gasteiger partial charge is 0.497 e. The molecular weight excluding hydrogens is 392 g/mol. The number of carbonyl (C=O) groups is 2. The van der Waals surface area contributed by atoms with Gasteiger partial charge in [-0.05, 0) is 36.2 Å². The number of quaternary nitrogens is 1. The lowest BCUT2D eigenvalue weighted by Gasteiger charge is -2.50. The molecule has 3 saturated heterocycles. The van der Waals surface area contributed by atoms with E-state index in [4.69, 9.17) is 4.74 Å². The van der Waals surface area contributed by atoms with Crippen LogP contribution in [-0.2, 0) is 11.2 Å². The first-order valence-electron chi connectivity index (χ1n) is 10.9. The van der Waals surface area contributed by atoms with Crippen LogP contribution in [0.2, 0.25) is 0 Å². The van der Waals surface area contributed by atoms with Gasteiger partial charge in [-0.2, -0.15) is 0 Å². The van der Waals surface area contributed by atoms with Gasteiger partial charge in [0.25, 0.3) is 11.8 Å². The number of methoxy groups -OCH3 is 1. The zero-order valence-corrected chi connectivity index (χ0v) is 18.1. The van der Waals surface area contributed by atoms with E-state index in [1.54, 1.807) is 19.2 Å². The van der Waals surface area contributed by atoms with Crippen molar-refractivity contribution in [3.8, 4) is 5.75 Å². The van der Waals surface area contributed by atoms with Crippen molar-refractivity contribution in [2.75, 3.05) is 64.8 Å². The third-order valence-corrected chi connectivity index (χ3v) is 6.45. The van der Waals surface area contributed by atoms with Crippen LogP contribution in [-0.4, -0.2) is 80.7 Å². The van der Waals surface area contributed by atoms with E-state index in [0.717, 1.165) is 61.5 Å². The number of para-hydroxylation sites is 1. The summed E-state index contributed by atoms with van der Waals surface area (Å²) >= 11 is 0. The number of hydrogen-bond acceptors (Lipinski definition) is 4. The number of hydrogen-bond donors (Lipinski definition) is 2. The van der Waals surface area contributed by atoms with E-state index in [1.165, 1.54) is 0 Å². The Hall–Kier alpha value is -2.90. The minimum absolute atomic E-state index is 0.0196. The maximum atomic E-state index is 12.8. The molecule has 5 rings (SSSR count). The molecule has 0 aliphatic carbocycles. The summed E-state index contributed by atoms with van der Waals surface area (Å²) < 4.78 is 6.03. The lowest BCUT2D eigenvalue weighted by Crippen LogP contribution is -2.68. The van der Waals surface area contributed by atoms with Crippen molar-refractivity contribution >= 4 is 17.5 Å². The third kappa shape index (κ3) is 5.24. The van der Waals surface area contributed by atoms with Crippen LogP contribution in [0.1, 0.15) is 15.9 Å². The summed E-state index contributed by atoms with van der Waals surface area (Å²) in [6.45, 7) is 7.29. The van der Waals surface area contributed by atoms with Gasteiger partial charge >= 0.3 is 0 Å². The van der Waals surface area contributed by atoms with Crippen molar-refractivity contribution < 1.29 is 18.8 Å². The monoisotopic (exact) mass is 423 g/mol. The van der Waals surface area contributed by atoms with E-state index < -0.39 is 0 Å². The molecule has 0 radical (unpaired) electrons. The fourth-order valence-corrected chi connectivity index (χ4v) is 4.46. The lowest BCUT2D eigenvalue weighted by atomic mass is 10.1. The Balaban J connectivity index is 1.32. The molecule has 164 valence electrons. The molecule has 0 saturated carbocycles. The Morgan fingerprint density at radius 1 is 1.00 bits per heavy atom. The zero-order chi connectivity index (χ0) is 21.7. The van der Waals surface area contributed by atoms with E-state index >= 15 is 0 Å². The Bertz CT molecular complexity index is 907.